The predicted molar refractivity (Wildman–Crippen MR) is 106 cm³/mol. The summed E-state index contributed by atoms with van der Waals surface area (Å²) >= 11 is 0. The van der Waals surface area contributed by atoms with E-state index in [2.05, 4.69) is 35.3 Å². The van der Waals surface area contributed by atoms with Gasteiger partial charge in [0, 0.05) is 25.3 Å². The van der Waals surface area contributed by atoms with Crippen molar-refractivity contribution in [1.82, 2.24) is 4.90 Å². The van der Waals surface area contributed by atoms with Crippen LogP contribution in [0.3, 0.4) is 0 Å². The van der Waals surface area contributed by atoms with Crippen LogP contribution in [-0.2, 0) is 6.42 Å². The van der Waals surface area contributed by atoms with Crippen molar-refractivity contribution in [3.05, 3.63) is 29.3 Å². The maximum absolute atomic E-state index is 9.82. The number of aliphatic hydroxyl groups excluding tert-OH is 1. The van der Waals surface area contributed by atoms with E-state index in [0.29, 0.717) is 11.8 Å². The molecule has 0 radical (unpaired) electrons. The molecule has 1 aromatic carbocycles. The average Bonchev–Trinajstić information content (AvgIpc) is 2.61. The number of aliphatic hydroxyl groups is 1. The van der Waals surface area contributed by atoms with Crippen LogP contribution < -0.4 is 5.32 Å². The molecule has 3 unspecified atom stereocenters. The number of hydrogen-bond acceptors (Lipinski definition) is 3. The molecule has 0 amide bonds. The Morgan fingerprint density at radius 1 is 1.32 bits per heavy atom. The third kappa shape index (κ3) is 4.98. The van der Waals surface area contributed by atoms with Crippen LogP contribution in [-0.4, -0.2) is 42.3 Å². The number of nitrogens with one attached hydrogen (secondary N) is 1. The zero-order valence-electron chi connectivity index (χ0n) is 16.1. The Kier molecular flexibility index (Phi) is 6.77. The number of rotatable bonds is 7. The number of anilines is 1. The first-order valence-corrected chi connectivity index (χ1v) is 10.4. The lowest BCUT2D eigenvalue weighted by Crippen LogP contribution is -2.38. The van der Waals surface area contributed by atoms with E-state index in [-0.39, 0.29) is 6.10 Å². The molecular formula is C22H36N2O. The second kappa shape index (κ2) is 9.05. The summed E-state index contributed by atoms with van der Waals surface area (Å²) in [6.07, 6.45) is 8.33. The number of benzene rings is 1. The summed E-state index contributed by atoms with van der Waals surface area (Å²) in [5.41, 5.74) is 4.55. The summed E-state index contributed by atoms with van der Waals surface area (Å²) in [5.74, 6) is 1.31. The van der Waals surface area contributed by atoms with Crippen molar-refractivity contribution >= 4 is 5.69 Å². The van der Waals surface area contributed by atoms with Crippen LogP contribution in [0.5, 0.6) is 0 Å². The largest absolute Gasteiger partial charge is 0.393 e. The third-order valence-corrected chi connectivity index (χ3v) is 5.96. The molecule has 2 aliphatic rings. The highest BCUT2D eigenvalue weighted by Crippen LogP contribution is 2.35. The molecule has 1 saturated heterocycles. The van der Waals surface area contributed by atoms with Crippen LogP contribution in [0.2, 0.25) is 0 Å². The van der Waals surface area contributed by atoms with Gasteiger partial charge in [0.25, 0.3) is 0 Å². The van der Waals surface area contributed by atoms with E-state index in [4.69, 9.17) is 0 Å². The van der Waals surface area contributed by atoms with Gasteiger partial charge in [-0.2, -0.15) is 0 Å². The molecule has 0 spiro atoms. The lowest BCUT2D eigenvalue weighted by molar-refractivity contribution is 0.121. The van der Waals surface area contributed by atoms with Gasteiger partial charge >= 0.3 is 0 Å². The Bertz CT molecular complexity index is 543. The smallest absolute Gasteiger partial charge is 0.0515 e. The third-order valence-electron chi connectivity index (χ3n) is 5.96. The minimum atomic E-state index is -0.177. The molecule has 2 N–H and O–H groups in total. The van der Waals surface area contributed by atoms with Gasteiger partial charge in [0.05, 0.1) is 6.10 Å². The minimum Gasteiger partial charge on any atom is -0.393 e. The van der Waals surface area contributed by atoms with Gasteiger partial charge in [-0.15, -0.1) is 0 Å². The molecule has 140 valence electrons. The van der Waals surface area contributed by atoms with Gasteiger partial charge in [0.2, 0.25) is 0 Å². The zero-order valence-corrected chi connectivity index (χ0v) is 16.1. The molecule has 0 saturated carbocycles. The van der Waals surface area contributed by atoms with Gasteiger partial charge in [0.1, 0.15) is 0 Å². The molecule has 2 heterocycles. The Morgan fingerprint density at radius 2 is 2.20 bits per heavy atom. The molecular weight excluding hydrogens is 308 g/mol. The van der Waals surface area contributed by atoms with E-state index in [9.17, 15) is 5.11 Å². The van der Waals surface area contributed by atoms with E-state index in [0.717, 1.165) is 19.5 Å². The van der Waals surface area contributed by atoms with Crippen LogP contribution in [0, 0.1) is 5.92 Å². The van der Waals surface area contributed by atoms with Crippen molar-refractivity contribution in [2.24, 2.45) is 5.92 Å². The minimum absolute atomic E-state index is 0.177. The highest BCUT2D eigenvalue weighted by molar-refractivity contribution is 5.57. The molecule has 1 fully saturated rings. The Hall–Kier alpha value is -1.06. The molecule has 3 rings (SSSR count). The van der Waals surface area contributed by atoms with E-state index in [1.54, 1.807) is 11.1 Å². The Balaban J connectivity index is 1.67. The van der Waals surface area contributed by atoms with Gasteiger partial charge in [0.15, 0.2) is 0 Å². The summed E-state index contributed by atoms with van der Waals surface area (Å²) < 4.78 is 0. The highest BCUT2D eigenvalue weighted by Gasteiger charge is 2.26. The summed E-state index contributed by atoms with van der Waals surface area (Å²) in [5, 5.41) is 13.4. The Morgan fingerprint density at radius 3 is 3.00 bits per heavy atom. The van der Waals surface area contributed by atoms with Crippen molar-refractivity contribution in [3.8, 4) is 0 Å². The monoisotopic (exact) mass is 344 g/mol. The molecule has 3 atom stereocenters. The van der Waals surface area contributed by atoms with Crippen LogP contribution in [0.1, 0.15) is 69.4 Å². The van der Waals surface area contributed by atoms with Crippen molar-refractivity contribution in [2.75, 3.05) is 31.5 Å². The van der Waals surface area contributed by atoms with E-state index < -0.39 is 0 Å². The molecule has 1 aromatic rings. The fourth-order valence-corrected chi connectivity index (χ4v) is 4.93. The van der Waals surface area contributed by atoms with Crippen LogP contribution in [0.15, 0.2) is 18.2 Å². The topological polar surface area (TPSA) is 35.5 Å². The molecule has 0 aliphatic carbocycles. The Labute approximate surface area is 153 Å². The van der Waals surface area contributed by atoms with Gasteiger partial charge in [-0.25, -0.2) is 0 Å². The van der Waals surface area contributed by atoms with E-state index >= 15 is 0 Å². The number of fused-ring (bicyclic) bond motifs is 1. The van der Waals surface area contributed by atoms with Crippen molar-refractivity contribution in [1.29, 1.82) is 0 Å². The number of piperidine rings is 1. The van der Waals surface area contributed by atoms with Gasteiger partial charge in [-0.1, -0.05) is 25.5 Å². The van der Waals surface area contributed by atoms with E-state index in [1.165, 1.54) is 57.3 Å². The quantitative estimate of drug-likeness (QED) is 0.769. The maximum Gasteiger partial charge on any atom is 0.0515 e. The van der Waals surface area contributed by atoms with E-state index in [1.807, 2.05) is 6.92 Å². The maximum atomic E-state index is 9.82. The predicted octanol–water partition coefficient (Wildman–Crippen LogP) is 4.41. The van der Waals surface area contributed by atoms with Crippen LogP contribution >= 0.6 is 0 Å². The standard InChI is InChI=1S/C22H36N2O/c1-3-7-18(14-17(2)25)15-24-13-6-8-19(16-24)20-9-4-11-22-21(20)10-5-12-23-22/h4,9,11,17-19,23,25H,3,5-8,10,12-16H2,1-2H3. The molecule has 0 bridgehead atoms. The average molecular weight is 345 g/mol. The summed E-state index contributed by atoms with van der Waals surface area (Å²) in [6, 6.07) is 6.86. The molecule has 3 nitrogen and oxygen atoms in total. The van der Waals surface area contributed by atoms with Crippen LogP contribution in [0.25, 0.3) is 0 Å². The lowest BCUT2D eigenvalue weighted by atomic mass is 9.84. The fourth-order valence-electron chi connectivity index (χ4n) is 4.93. The summed E-state index contributed by atoms with van der Waals surface area (Å²) in [7, 11) is 0. The SMILES string of the molecule is CCCC(CC(C)O)CN1CCCC(c2cccc3c2CCCN3)C1. The first-order valence-electron chi connectivity index (χ1n) is 10.4. The summed E-state index contributed by atoms with van der Waals surface area (Å²) in [6.45, 7) is 8.89. The normalized spacial score (nSPS) is 23.6. The molecule has 3 heteroatoms. The second-order valence-electron chi connectivity index (χ2n) is 8.24. The lowest BCUT2D eigenvalue weighted by Gasteiger charge is -2.37. The fraction of sp³-hybridized carbons (Fsp3) is 0.727. The van der Waals surface area contributed by atoms with Gasteiger partial charge in [-0.05, 0) is 81.0 Å². The molecule has 0 aromatic heterocycles. The van der Waals surface area contributed by atoms with Gasteiger partial charge in [-0.3, -0.25) is 0 Å². The molecule has 2 aliphatic heterocycles. The summed E-state index contributed by atoms with van der Waals surface area (Å²) in [4.78, 5) is 2.67. The molecule has 25 heavy (non-hydrogen) atoms. The van der Waals surface area contributed by atoms with Gasteiger partial charge < -0.3 is 15.3 Å². The van der Waals surface area contributed by atoms with Crippen molar-refractivity contribution < 1.29 is 5.11 Å². The van der Waals surface area contributed by atoms with Crippen molar-refractivity contribution in [2.45, 2.75) is 70.8 Å². The van der Waals surface area contributed by atoms with Crippen molar-refractivity contribution in [3.63, 3.8) is 0 Å². The second-order valence-corrected chi connectivity index (χ2v) is 8.24. The number of hydrogen-bond donors (Lipinski definition) is 2. The zero-order chi connectivity index (χ0) is 17.6. The first-order chi connectivity index (χ1) is 12.2. The first kappa shape index (κ1) is 18.7. The highest BCUT2D eigenvalue weighted by atomic mass is 16.3. The number of likely N-dealkylation sites (tertiary alicyclic amines) is 1. The number of nitrogens with zero attached hydrogens (tertiary/aromatic N) is 1. The van der Waals surface area contributed by atoms with Crippen LogP contribution in [0.4, 0.5) is 5.69 Å².